The van der Waals surface area contributed by atoms with Crippen molar-refractivity contribution < 1.29 is 215 Å². The molecule has 1 aliphatic carbocycles. The van der Waals surface area contributed by atoms with E-state index < -0.39 is 0 Å². The van der Waals surface area contributed by atoms with Gasteiger partial charge in [-0.05, 0) is 231 Å². The molecule has 21 nitrogen and oxygen atoms in total. The number of fused-ring (bicyclic) bond motifs is 7. The van der Waals surface area contributed by atoms with Crippen molar-refractivity contribution in [3.8, 4) is 63.2 Å². The van der Waals surface area contributed by atoms with Crippen molar-refractivity contribution in [3.05, 3.63) is 440 Å². The van der Waals surface area contributed by atoms with Crippen LogP contribution in [-0.4, -0.2) is 107 Å². The van der Waals surface area contributed by atoms with E-state index in [1.54, 1.807) is 101 Å². The molecule has 29 heteroatoms. The third-order valence-corrected chi connectivity index (χ3v) is 27.0. The Hall–Kier alpha value is -13.8. The molecule has 21 rings (SSSR count). The number of allylic oxidation sites excluding steroid dienone is 7. The van der Waals surface area contributed by atoms with Gasteiger partial charge >= 0.3 is 29.6 Å². The quantitative estimate of drug-likeness (QED) is 0.0149. The molecule has 0 amide bonds. The predicted molar refractivity (Wildman–Crippen MR) is 587 cm³/mol. The molecule has 758 valence electrons. The normalized spacial score (nSPS) is 13.0. The molecule has 13 aromatic carbocycles. The van der Waals surface area contributed by atoms with E-state index in [0.29, 0.717) is 5.56 Å². The van der Waals surface area contributed by atoms with Gasteiger partial charge in [0, 0.05) is 100 Å². The smallest absolute Gasteiger partial charge is 1.00 e. The largest absolute Gasteiger partial charge is 1.00 e. The Morgan fingerprint density at radius 3 is 1.37 bits per heavy atom. The zero-order valence-electron chi connectivity index (χ0n) is 82.8. The average molecular weight is 2510 g/mol. The Morgan fingerprint density at radius 2 is 0.867 bits per heavy atom. The third-order valence-electron chi connectivity index (χ3n) is 23.8. The molecule has 0 bridgehead atoms. The average Bonchev–Trinajstić information content (AvgIpc) is 1.59. The van der Waals surface area contributed by atoms with Gasteiger partial charge in [0.2, 0.25) is 39.4 Å². The first-order chi connectivity index (χ1) is 69.6. The fourth-order valence-electron chi connectivity index (χ4n) is 16.3. The van der Waals surface area contributed by atoms with Crippen molar-refractivity contribution in [2.45, 2.75) is 51.1 Å². The van der Waals surface area contributed by atoms with E-state index in [1.807, 2.05) is 196 Å². The standard InChI is InChI=1S/C19H19NO2.2C19H17NO2.C18H15NO2.C16H13NO2S.C15H11NO2S.C15H10NOS.4HI.Na.H2O/c1-19(2)14-6-4-5-7-15(14)20(3)18(19)11-9-13-8-10-16(21)17(22)12-13;1-2-20-16(12-10-14-6-3-4-8-17(14)20)13-11-15-7-5-9-18(21)19(15)22;1-2-20-16(11-9-15-5-3-4-6-17(15)20)10-7-14-8-12-18(21)19(22)13-14;1-19-11-10-14(15-4-2-3-5-16(15)19)8-6-13-7-9-17(20)18(21)12-13;1-17-12-4-2-3-5-15(12)20-16(17)9-7-11-6-8-13(18)14(19)10-11;17-12-7-5-10(9-13(12)18)6-8-15-16-11-3-1-2-4-14(11)19-15;17-12-5-3-4-11(10-12)8-9-15-16-13-6-1-2-7-14(13)18-15;;;;;;/h4-12,22H,1-3H3;3-13,21H,2H2,1H3;3-13,22H,2H2,1H3;2-12,21H,1H3;2-10,19H,1H3;1-9,17-18H;1-4,6-10,17H;4*1H;;1H2/q;;;;;;-1;;;;;+1;/p-1/b;;;;;8-6+;9-8+;;;;;;. The Morgan fingerprint density at radius 1 is 0.413 bits per heavy atom. The molecule has 0 unspecified atom stereocenters. The number of pyridine rings is 3. The van der Waals surface area contributed by atoms with Gasteiger partial charge < -0.3 is 168 Å². The van der Waals surface area contributed by atoms with Crippen LogP contribution in [0, 0.1) is 6.07 Å². The summed E-state index contributed by atoms with van der Waals surface area (Å²) in [6, 6.07) is 99.9. The number of phenolic OH excluding ortho intramolecular Hbond substituents is 11. The van der Waals surface area contributed by atoms with E-state index in [2.05, 4.69) is 189 Å². The van der Waals surface area contributed by atoms with Crippen molar-refractivity contribution in [3.63, 3.8) is 0 Å². The van der Waals surface area contributed by atoms with Gasteiger partial charge in [0.15, 0.2) is 75.2 Å². The maximum atomic E-state index is 11.1. The number of hydrogen-bond donors (Lipinski definition) is 12. The number of aryl methyl sites for hydroxylation is 3. The zero-order chi connectivity index (χ0) is 102. The number of para-hydroxylation sites is 8. The second-order valence-corrected chi connectivity index (χ2v) is 37.1. The fourth-order valence-corrected chi connectivity index (χ4v) is 19.1. The summed E-state index contributed by atoms with van der Waals surface area (Å²) in [5.41, 5.74) is 19.3. The Kier molecular flexibility index (Phi) is 45.3. The number of ketones is 1. The monoisotopic (exact) mass is 2510 g/mol. The van der Waals surface area contributed by atoms with E-state index in [0.717, 1.165) is 99.7 Å². The van der Waals surface area contributed by atoms with Crippen molar-refractivity contribution >= 4 is 177 Å². The van der Waals surface area contributed by atoms with Gasteiger partial charge in [-0.25, -0.2) is 14.5 Å². The summed E-state index contributed by atoms with van der Waals surface area (Å²) in [5.74, 6) is -1.48. The first-order valence-corrected chi connectivity index (χ1v) is 48.6. The number of nitrogens with zero attached hydrogens (tertiary/aromatic N) is 7. The Bertz CT molecular complexity index is 8150. The number of anilines is 1. The molecule has 18 aromatic rings. The van der Waals surface area contributed by atoms with E-state index in [-0.39, 0.29) is 211 Å². The molecule has 2 aliphatic heterocycles. The summed E-state index contributed by atoms with van der Waals surface area (Å²) >= 11 is 4.97. The molecular formula is C121H107I4N7NaO14S3-. The van der Waals surface area contributed by atoms with Crippen LogP contribution >= 0.6 is 34.4 Å². The Balaban J connectivity index is 0.000000193. The number of aromatic nitrogens is 5. The number of carbonyl (C=O) groups is 1. The molecule has 0 atom stereocenters. The minimum atomic E-state index is -0.352. The number of halogens is 4. The molecule has 0 saturated heterocycles. The van der Waals surface area contributed by atoms with Gasteiger partial charge in [-0.1, -0.05) is 176 Å². The number of aromatic hydroxyl groups is 11. The Labute approximate surface area is 972 Å². The van der Waals surface area contributed by atoms with Gasteiger partial charge in [0.1, 0.15) is 37.2 Å². The first kappa shape index (κ1) is 120. The maximum Gasteiger partial charge on any atom is 1.00 e. The van der Waals surface area contributed by atoms with Crippen molar-refractivity contribution in [2.75, 3.05) is 19.0 Å². The van der Waals surface area contributed by atoms with Crippen LogP contribution in [0.1, 0.15) is 93.6 Å². The van der Waals surface area contributed by atoms with E-state index >= 15 is 0 Å². The van der Waals surface area contributed by atoms with E-state index in [1.165, 1.54) is 114 Å². The molecule has 7 heterocycles. The molecule has 3 aliphatic rings. The van der Waals surface area contributed by atoms with E-state index in [9.17, 15) is 66.1 Å². The second-order valence-electron chi connectivity index (χ2n) is 33.9. The number of phenols is 11. The SMILES string of the molecule is CC[n+]1c(/C=C/c2ccc(O)c(O)c2)ccc2ccccc21.CC[n+]1c(/C=C/c2cccc(O)c2O)ccc2ccccc21.CN1C(=CC=C2C=CC(=O)C(O)=C2)Sc2ccccc21.C[N+]1=C(/C=C/c2ccc(O)c(O)c2)C(C)(C)c2ccccc21.C[n+]1ccc(/C=C/c2ccc(O)c(O)c2)c2ccccc21.Oc1[c-]ccc(/C=C/c2nc3ccccc3s2)c1.Oc1ccc(/C=C/c2nc3ccccc3s2)cc1O.[I-].[I-].[I-].[I-].[Na+].[OH-]. The number of aliphatic hydroxyl groups is 1. The van der Waals surface area contributed by atoms with Crippen LogP contribution in [0.15, 0.2) is 373 Å². The minimum absolute atomic E-state index is 0. The number of benzene rings is 13. The second kappa shape index (κ2) is 56.7. The zero-order valence-corrected chi connectivity index (χ0v) is 95.9. The van der Waals surface area contributed by atoms with Crippen LogP contribution in [-0.2, 0) is 30.3 Å². The van der Waals surface area contributed by atoms with E-state index in [4.69, 9.17) is 0 Å². The van der Waals surface area contributed by atoms with Crippen LogP contribution in [0.4, 0.5) is 11.4 Å². The van der Waals surface area contributed by atoms with Crippen LogP contribution in [0.2, 0.25) is 0 Å². The molecule has 0 saturated carbocycles. The first-order valence-electron chi connectivity index (χ1n) is 46.2. The molecule has 0 fully saturated rings. The number of aliphatic hydroxyl groups excluding tert-OH is 1. The van der Waals surface area contributed by atoms with Crippen LogP contribution in [0.5, 0.6) is 63.2 Å². The van der Waals surface area contributed by atoms with Gasteiger partial charge in [-0.15, -0.1) is 40.4 Å². The summed E-state index contributed by atoms with van der Waals surface area (Å²) in [6.45, 7) is 10.4. The van der Waals surface area contributed by atoms with Crippen LogP contribution in [0.3, 0.4) is 0 Å². The number of rotatable bonds is 15. The molecule has 0 spiro atoms. The van der Waals surface area contributed by atoms with Gasteiger partial charge in [0.05, 0.1) is 42.0 Å². The van der Waals surface area contributed by atoms with Crippen LogP contribution < -0.4 is 144 Å². The summed E-state index contributed by atoms with van der Waals surface area (Å²) in [6.07, 6.45) is 33.8. The molecule has 13 N–H and O–H groups in total. The molecule has 0 radical (unpaired) electrons. The molecule has 5 aromatic heterocycles. The maximum absolute atomic E-state index is 11.1. The summed E-state index contributed by atoms with van der Waals surface area (Å²) < 4.78 is 11.1. The fraction of sp³-hybridized carbons (Fsp3) is 0.0826. The summed E-state index contributed by atoms with van der Waals surface area (Å²) in [5, 5.41) is 120. The van der Waals surface area contributed by atoms with Crippen molar-refractivity contribution in [1.82, 2.24) is 9.97 Å². The third kappa shape index (κ3) is 30.8. The van der Waals surface area contributed by atoms with Gasteiger partial charge in [0.25, 0.3) is 0 Å². The topological polar surface area (TPSA) is 333 Å². The number of thiazole rings is 2. The van der Waals surface area contributed by atoms with Crippen molar-refractivity contribution in [1.29, 1.82) is 0 Å². The summed E-state index contributed by atoms with van der Waals surface area (Å²) in [7, 11) is 6.12. The van der Waals surface area contributed by atoms with Gasteiger partial charge in [-0.3, -0.25) is 4.79 Å². The minimum Gasteiger partial charge on any atom is -1.00 e. The number of thioether (sulfide) groups is 1. The summed E-state index contributed by atoms with van der Waals surface area (Å²) in [4.78, 5) is 23.5. The number of hydrogen-bond acceptors (Lipinski definition) is 20. The molecular weight excluding hydrogens is 2400 g/mol. The predicted octanol–water partition coefficient (Wildman–Crippen LogP) is 10.8. The van der Waals surface area contributed by atoms with Gasteiger partial charge in [-0.2, -0.15) is 25.8 Å². The number of carbonyl (C=O) groups excluding carboxylic acids is 1. The molecule has 150 heavy (non-hydrogen) atoms. The van der Waals surface area contributed by atoms with Crippen molar-refractivity contribution in [2.24, 2.45) is 7.05 Å². The van der Waals surface area contributed by atoms with Crippen LogP contribution in [0.25, 0.3) is 120 Å².